The normalized spacial score (nSPS) is 10.4. The molecule has 1 amide bonds. The Hall–Kier alpha value is -1.79. The van der Waals surface area contributed by atoms with Gasteiger partial charge in [-0.2, -0.15) is 0 Å². The van der Waals surface area contributed by atoms with Gasteiger partial charge in [-0.05, 0) is 30.9 Å². The summed E-state index contributed by atoms with van der Waals surface area (Å²) in [6.07, 6.45) is 5.08. The first-order valence-corrected chi connectivity index (χ1v) is 8.74. The van der Waals surface area contributed by atoms with Gasteiger partial charge in [0.1, 0.15) is 5.75 Å². The number of ether oxygens (including phenoxy) is 1. The fourth-order valence-corrected chi connectivity index (χ4v) is 2.61. The maximum atomic E-state index is 12.6. The number of aryl methyl sites for hydroxylation is 1. The third-order valence-corrected chi connectivity index (χ3v) is 3.97. The zero-order chi connectivity index (χ0) is 16.8. The molecule has 1 aromatic carbocycles. The van der Waals surface area contributed by atoms with Crippen LogP contribution in [0.4, 0.5) is 5.69 Å². The van der Waals surface area contributed by atoms with Gasteiger partial charge in [-0.15, -0.1) is 0 Å². The molecule has 1 N–H and O–H groups in total. The zero-order valence-electron chi connectivity index (χ0n) is 13.2. The van der Waals surface area contributed by atoms with Crippen molar-refractivity contribution < 1.29 is 9.53 Å². The zero-order valence-corrected chi connectivity index (χ0v) is 14.8. The SMILES string of the molecule is CCCc1nc(SC)ncc1C(=O)Nc1cc(Cl)ccc1OC. The number of nitrogens with one attached hydrogen (secondary N) is 1. The molecule has 1 aromatic heterocycles. The minimum Gasteiger partial charge on any atom is -0.495 e. The quantitative estimate of drug-likeness (QED) is 0.628. The number of nitrogens with zero attached hydrogens (tertiary/aromatic N) is 2. The summed E-state index contributed by atoms with van der Waals surface area (Å²) in [5.41, 5.74) is 1.72. The van der Waals surface area contributed by atoms with E-state index in [-0.39, 0.29) is 5.91 Å². The van der Waals surface area contributed by atoms with E-state index in [1.165, 1.54) is 18.9 Å². The largest absolute Gasteiger partial charge is 0.495 e. The molecule has 0 fully saturated rings. The van der Waals surface area contributed by atoms with Crippen molar-refractivity contribution in [1.29, 1.82) is 0 Å². The molecular formula is C16H18ClN3O2S. The molecule has 7 heteroatoms. The molecule has 0 bridgehead atoms. The van der Waals surface area contributed by atoms with E-state index in [4.69, 9.17) is 16.3 Å². The van der Waals surface area contributed by atoms with Crippen LogP contribution in [0.1, 0.15) is 29.4 Å². The van der Waals surface area contributed by atoms with Crippen molar-refractivity contribution in [2.24, 2.45) is 0 Å². The molecule has 2 rings (SSSR count). The molecule has 122 valence electrons. The van der Waals surface area contributed by atoms with E-state index in [1.807, 2.05) is 13.2 Å². The Balaban J connectivity index is 2.32. The fraction of sp³-hybridized carbons (Fsp3) is 0.312. The number of aromatic nitrogens is 2. The average molecular weight is 352 g/mol. The van der Waals surface area contributed by atoms with Crippen molar-refractivity contribution in [3.8, 4) is 5.75 Å². The van der Waals surface area contributed by atoms with Gasteiger partial charge >= 0.3 is 0 Å². The summed E-state index contributed by atoms with van der Waals surface area (Å²) in [7, 11) is 1.54. The summed E-state index contributed by atoms with van der Waals surface area (Å²) in [6, 6.07) is 5.06. The number of rotatable bonds is 6. The highest BCUT2D eigenvalue weighted by molar-refractivity contribution is 7.98. The van der Waals surface area contributed by atoms with Gasteiger partial charge in [0.2, 0.25) is 0 Å². The van der Waals surface area contributed by atoms with Crippen LogP contribution in [0.15, 0.2) is 29.6 Å². The van der Waals surface area contributed by atoms with Gasteiger partial charge in [-0.3, -0.25) is 4.79 Å². The first kappa shape index (κ1) is 17.6. The van der Waals surface area contributed by atoms with Crippen LogP contribution in [-0.4, -0.2) is 29.2 Å². The third kappa shape index (κ3) is 4.36. The Morgan fingerprint density at radius 1 is 1.43 bits per heavy atom. The minimum absolute atomic E-state index is 0.276. The molecule has 0 aliphatic rings. The smallest absolute Gasteiger partial charge is 0.259 e. The maximum absolute atomic E-state index is 12.6. The Morgan fingerprint density at radius 2 is 2.22 bits per heavy atom. The van der Waals surface area contributed by atoms with Crippen LogP contribution in [0, 0.1) is 0 Å². The first-order chi connectivity index (χ1) is 11.1. The number of carbonyl (C=O) groups excluding carboxylic acids is 1. The number of hydrogen-bond acceptors (Lipinski definition) is 5. The highest BCUT2D eigenvalue weighted by atomic mass is 35.5. The number of amides is 1. The van der Waals surface area contributed by atoms with E-state index >= 15 is 0 Å². The van der Waals surface area contributed by atoms with Crippen LogP contribution >= 0.6 is 23.4 Å². The van der Waals surface area contributed by atoms with Crippen molar-refractivity contribution in [1.82, 2.24) is 9.97 Å². The molecule has 0 aliphatic heterocycles. The number of halogens is 1. The second-order valence-electron chi connectivity index (χ2n) is 4.77. The highest BCUT2D eigenvalue weighted by Crippen LogP contribution is 2.28. The van der Waals surface area contributed by atoms with Gasteiger partial charge in [0.15, 0.2) is 5.16 Å². The summed E-state index contributed by atoms with van der Waals surface area (Å²) >= 11 is 7.44. The lowest BCUT2D eigenvalue weighted by Gasteiger charge is -2.12. The van der Waals surface area contributed by atoms with Crippen molar-refractivity contribution in [2.75, 3.05) is 18.7 Å². The van der Waals surface area contributed by atoms with E-state index in [2.05, 4.69) is 15.3 Å². The predicted octanol–water partition coefficient (Wildman–Crippen LogP) is 4.07. The first-order valence-electron chi connectivity index (χ1n) is 7.13. The molecule has 23 heavy (non-hydrogen) atoms. The average Bonchev–Trinajstić information content (AvgIpc) is 2.55. The molecule has 0 spiro atoms. The number of methoxy groups -OCH3 is 1. The number of benzene rings is 1. The van der Waals surface area contributed by atoms with Crippen LogP contribution in [0.25, 0.3) is 0 Å². The van der Waals surface area contributed by atoms with E-state index < -0.39 is 0 Å². The van der Waals surface area contributed by atoms with Gasteiger partial charge in [0.25, 0.3) is 5.91 Å². The van der Waals surface area contributed by atoms with Crippen molar-refractivity contribution in [3.05, 3.63) is 40.7 Å². The lowest BCUT2D eigenvalue weighted by Crippen LogP contribution is -2.16. The van der Waals surface area contributed by atoms with Crippen LogP contribution in [0.2, 0.25) is 5.02 Å². The molecule has 0 unspecified atom stereocenters. The van der Waals surface area contributed by atoms with Crippen LogP contribution in [0.3, 0.4) is 0 Å². The van der Waals surface area contributed by atoms with Gasteiger partial charge in [-0.1, -0.05) is 36.7 Å². The molecule has 0 atom stereocenters. The van der Waals surface area contributed by atoms with Crippen LogP contribution in [0.5, 0.6) is 5.75 Å². The molecule has 0 saturated heterocycles. The molecule has 1 heterocycles. The lowest BCUT2D eigenvalue weighted by atomic mass is 10.1. The lowest BCUT2D eigenvalue weighted by molar-refractivity contribution is 0.102. The summed E-state index contributed by atoms with van der Waals surface area (Å²) in [5, 5.41) is 3.99. The predicted molar refractivity (Wildman–Crippen MR) is 93.8 cm³/mol. The number of hydrogen-bond donors (Lipinski definition) is 1. The molecular weight excluding hydrogens is 334 g/mol. The second kappa shape index (κ2) is 8.17. The van der Waals surface area contributed by atoms with Gasteiger partial charge < -0.3 is 10.1 Å². The van der Waals surface area contributed by atoms with E-state index in [0.29, 0.717) is 33.6 Å². The van der Waals surface area contributed by atoms with Crippen LogP contribution in [-0.2, 0) is 6.42 Å². The Bertz CT molecular complexity index is 710. The number of anilines is 1. The maximum Gasteiger partial charge on any atom is 0.259 e. The Morgan fingerprint density at radius 3 is 2.87 bits per heavy atom. The fourth-order valence-electron chi connectivity index (χ4n) is 2.08. The molecule has 0 saturated carbocycles. The monoisotopic (exact) mass is 351 g/mol. The van der Waals surface area contributed by atoms with E-state index in [9.17, 15) is 4.79 Å². The Kier molecular flexibility index (Phi) is 6.24. The summed E-state index contributed by atoms with van der Waals surface area (Å²) in [4.78, 5) is 21.2. The highest BCUT2D eigenvalue weighted by Gasteiger charge is 2.16. The van der Waals surface area contributed by atoms with E-state index in [0.717, 1.165) is 12.1 Å². The van der Waals surface area contributed by atoms with Gasteiger partial charge in [0, 0.05) is 11.2 Å². The van der Waals surface area contributed by atoms with Gasteiger partial charge in [0.05, 0.1) is 24.1 Å². The van der Waals surface area contributed by atoms with E-state index in [1.54, 1.807) is 24.4 Å². The number of carbonyl (C=O) groups is 1. The molecule has 0 aliphatic carbocycles. The van der Waals surface area contributed by atoms with Crippen molar-refractivity contribution >= 4 is 35.0 Å². The van der Waals surface area contributed by atoms with Crippen LogP contribution < -0.4 is 10.1 Å². The summed E-state index contributed by atoms with van der Waals surface area (Å²) < 4.78 is 5.24. The molecule has 0 radical (unpaired) electrons. The van der Waals surface area contributed by atoms with Gasteiger partial charge in [-0.25, -0.2) is 9.97 Å². The summed E-state index contributed by atoms with van der Waals surface area (Å²) in [6.45, 7) is 2.04. The molecule has 2 aromatic rings. The van der Waals surface area contributed by atoms with Crippen molar-refractivity contribution in [3.63, 3.8) is 0 Å². The molecule has 5 nitrogen and oxygen atoms in total. The minimum atomic E-state index is -0.276. The Labute approximate surface area is 144 Å². The summed E-state index contributed by atoms with van der Waals surface area (Å²) in [5.74, 6) is 0.267. The standard InChI is InChI=1S/C16H18ClN3O2S/c1-4-5-12-11(9-18-16(20-12)23-3)15(21)19-13-8-10(17)6-7-14(13)22-2/h6-9H,4-5H2,1-3H3,(H,19,21). The number of thioether (sulfide) groups is 1. The third-order valence-electron chi connectivity index (χ3n) is 3.17. The van der Waals surface area contributed by atoms with Crippen molar-refractivity contribution in [2.45, 2.75) is 24.9 Å². The topological polar surface area (TPSA) is 64.1 Å². The second-order valence-corrected chi connectivity index (χ2v) is 5.98.